The van der Waals surface area contributed by atoms with E-state index in [0.717, 1.165) is 0 Å². The van der Waals surface area contributed by atoms with Gasteiger partial charge in [0.15, 0.2) is 0 Å². The molecular formula is CN2O3. The van der Waals surface area contributed by atoms with Crippen molar-refractivity contribution < 1.29 is 9.05 Å². The van der Waals surface area contributed by atoms with Gasteiger partial charge in [0.2, 0.25) is 0 Å². The van der Waals surface area contributed by atoms with Crippen LogP contribution in [0.3, 0.4) is 0 Å². The van der Waals surface area contributed by atoms with Gasteiger partial charge in [-0.15, -0.1) is 0 Å². The van der Waals surface area contributed by atoms with Crippen LogP contribution in [0.2, 0.25) is 0 Å². The van der Waals surface area contributed by atoms with Gasteiger partial charge in [0.25, 0.3) is 0 Å². The zero-order valence-corrected chi connectivity index (χ0v) is 2.62. The third-order valence-corrected chi connectivity index (χ3v) is 0.264. The topological polar surface area (TPSA) is 69.1 Å². The van der Waals surface area contributed by atoms with Gasteiger partial charge >= 0.3 is 5.82 Å². The van der Waals surface area contributed by atoms with Crippen molar-refractivity contribution in [3.8, 4) is 0 Å². The molecule has 1 aromatic rings. The summed E-state index contributed by atoms with van der Waals surface area (Å²) in [5, 5.41) is 5.44. The summed E-state index contributed by atoms with van der Waals surface area (Å²) in [7, 11) is 0. The SMILES string of the molecule is O=c1onno1. The number of rotatable bonds is 0. The maximum absolute atomic E-state index is 9.61. The van der Waals surface area contributed by atoms with Crippen LogP contribution in [0.25, 0.3) is 0 Å². The molecule has 0 aliphatic carbocycles. The molecule has 0 atom stereocenters. The maximum Gasteiger partial charge on any atom is 0.565 e. The highest BCUT2D eigenvalue weighted by molar-refractivity contribution is 4.16. The lowest BCUT2D eigenvalue weighted by Crippen LogP contribution is -1.84. The number of hydrogen-bond acceptors (Lipinski definition) is 5. The second-order valence-electron chi connectivity index (χ2n) is 0.596. The van der Waals surface area contributed by atoms with Gasteiger partial charge in [0.1, 0.15) is 0 Å². The third kappa shape index (κ3) is 0.291. The average Bonchev–Trinajstić information content (AvgIpc) is 1.86. The molecule has 0 bridgehead atoms. The third-order valence-electron chi connectivity index (χ3n) is 0.264. The molecule has 0 spiro atoms. The average molecular weight is 88.0 g/mol. The van der Waals surface area contributed by atoms with Crippen molar-refractivity contribution in [1.82, 2.24) is 10.5 Å². The first-order valence-corrected chi connectivity index (χ1v) is 1.18. The van der Waals surface area contributed by atoms with Crippen molar-refractivity contribution in [1.29, 1.82) is 0 Å². The Labute approximate surface area is 31.5 Å². The molecule has 6 heavy (non-hydrogen) atoms. The first-order chi connectivity index (χ1) is 2.89. The molecule has 1 rings (SSSR count). The Bertz CT molecular complexity index is 147. The van der Waals surface area contributed by atoms with E-state index < -0.39 is 5.82 Å². The Morgan fingerprint density at radius 1 is 1.33 bits per heavy atom. The van der Waals surface area contributed by atoms with E-state index in [4.69, 9.17) is 0 Å². The normalized spacial score (nSPS) is 8.67. The van der Waals surface area contributed by atoms with E-state index in [1.807, 2.05) is 0 Å². The highest BCUT2D eigenvalue weighted by Gasteiger charge is 1.81. The summed E-state index contributed by atoms with van der Waals surface area (Å²) in [6, 6.07) is 0. The molecule has 5 heteroatoms. The second kappa shape index (κ2) is 0.925. The van der Waals surface area contributed by atoms with Gasteiger partial charge in [-0.3, -0.25) is 9.05 Å². The second-order valence-corrected chi connectivity index (χ2v) is 0.596. The Morgan fingerprint density at radius 2 is 1.83 bits per heavy atom. The molecule has 0 radical (unpaired) electrons. The van der Waals surface area contributed by atoms with Gasteiger partial charge in [-0.25, -0.2) is 0 Å². The minimum atomic E-state index is -0.880. The first kappa shape index (κ1) is 3.08. The van der Waals surface area contributed by atoms with E-state index in [2.05, 4.69) is 19.6 Å². The summed E-state index contributed by atoms with van der Waals surface area (Å²) in [4.78, 5) is 9.61. The predicted molar refractivity (Wildman–Crippen MR) is 12.8 cm³/mol. The fraction of sp³-hybridized carbons (Fsp3) is 0. The molecule has 0 fully saturated rings. The highest BCUT2D eigenvalue weighted by atomic mass is 16.7. The molecule has 0 aliphatic rings. The Balaban J connectivity index is 3.41. The largest absolute Gasteiger partial charge is 0.565 e. The van der Waals surface area contributed by atoms with Crippen LogP contribution < -0.4 is 5.82 Å². The molecule has 5 nitrogen and oxygen atoms in total. The Hall–Kier alpha value is -1.13. The molecule has 0 aromatic carbocycles. The predicted octanol–water partition coefficient (Wildman–Crippen LogP) is -0.977. The van der Waals surface area contributed by atoms with Gasteiger partial charge in [-0.1, -0.05) is 0 Å². The fourth-order valence-electron chi connectivity index (χ4n) is 0.117. The zero-order valence-electron chi connectivity index (χ0n) is 2.62. The molecule has 0 N–H and O–H groups in total. The van der Waals surface area contributed by atoms with Crippen molar-refractivity contribution in [3.05, 3.63) is 10.6 Å². The van der Waals surface area contributed by atoms with Gasteiger partial charge in [0, 0.05) is 0 Å². The van der Waals surface area contributed by atoms with Crippen LogP contribution in [-0.2, 0) is 0 Å². The lowest BCUT2D eigenvalue weighted by Gasteiger charge is -1.40. The van der Waals surface area contributed by atoms with Crippen molar-refractivity contribution >= 4 is 0 Å². The first-order valence-electron chi connectivity index (χ1n) is 1.18. The molecule has 0 amide bonds. The summed E-state index contributed by atoms with van der Waals surface area (Å²) >= 11 is 0. The standard InChI is InChI=1S/CN2O3/c4-1-5-2-3-6-1. The van der Waals surface area contributed by atoms with Crippen molar-refractivity contribution in [2.75, 3.05) is 0 Å². The van der Waals surface area contributed by atoms with Crippen LogP contribution in [0, 0.1) is 0 Å². The van der Waals surface area contributed by atoms with Crippen LogP contribution in [0.4, 0.5) is 0 Å². The zero-order chi connectivity index (χ0) is 4.41. The lowest BCUT2D eigenvalue weighted by atomic mass is 11.6. The van der Waals surface area contributed by atoms with Crippen molar-refractivity contribution in [2.24, 2.45) is 0 Å². The van der Waals surface area contributed by atoms with Gasteiger partial charge < -0.3 is 0 Å². The summed E-state index contributed by atoms with van der Waals surface area (Å²) in [5.74, 6) is -0.880. The molecule has 1 aromatic heterocycles. The van der Waals surface area contributed by atoms with Gasteiger partial charge in [-0.05, 0) is 0 Å². The summed E-state index contributed by atoms with van der Waals surface area (Å²) in [5.41, 5.74) is 0. The molecule has 0 aliphatic heterocycles. The molecule has 1 heterocycles. The van der Waals surface area contributed by atoms with Crippen LogP contribution in [0.15, 0.2) is 13.8 Å². The number of hydrogen-bond donors (Lipinski definition) is 0. The Kier molecular flexibility index (Phi) is 0.474. The van der Waals surface area contributed by atoms with Gasteiger partial charge in [-0.2, -0.15) is 4.79 Å². The molecule has 32 valence electrons. The quantitative estimate of drug-likeness (QED) is 0.407. The maximum atomic E-state index is 9.61. The molecular weight excluding hydrogens is 88.0 g/mol. The van der Waals surface area contributed by atoms with Crippen molar-refractivity contribution in [2.45, 2.75) is 0 Å². The summed E-state index contributed by atoms with van der Waals surface area (Å²) in [6.45, 7) is 0. The van der Waals surface area contributed by atoms with Crippen LogP contribution in [-0.4, -0.2) is 10.5 Å². The van der Waals surface area contributed by atoms with E-state index >= 15 is 0 Å². The minimum absolute atomic E-state index is 0.880. The van der Waals surface area contributed by atoms with E-state index in [0.29, 0.717) is 0 Å². The monoisotopic (exact) mass is 88.0 g/mol. The van der Waals surface area contributed by atoms with E-state index in [-0.39, 0.29) is 0 Å². The van der Waals surface area contributed by atoms with Gasteiger partial charge in [0.05, 0.1) is 10.5 Å². The molecule has 0 saturated heterocycles. The number of aromatic nitrogens is 2. The van der Waals surface area contributed by atoms with Crippen LogP contribution in [0.5, 0.6) is 0 Å². The molecule has 0 unspecified atom stereocenters. The lowest BCUT2D eigenvalue weighted by molar-refractivity contribution is 0.326. The Morgan fingerprint density at radius 3 is 2.00 bits per heavy atom. The molecule has 0 saturated carbocycles. The van der Waals surface area contributed by atoms with Crippen LogP contribution in [0.1, 0.15) is 0 Å². The van der Waals surface area contributed by atoms with E-state index in [1.165, 1.54) is 0 Å². The van der Waals surface area contributed by atoms with Crippen molar-refractivity contribution in [3.63, 3.8) is 0 Å². The van der Waals surface area contributed by atoms with Crippen LogP contribution >= 0.6 is 0 Å². The number of nitrogens with zero attached hydrogens (tertiary/aromatic N) is 2. The summed E-state index contributed by atoms with van der Waals surface area (Å²) in [6.07, 6.45) is 0. The smallest absolute Gasteiger partial charge is 0.259 e. The van der Waals surface area contributed by atoms with E-state index in [9.17, 15) is 4.79 Å². The minimum Gasteiger partial charge on any atom is -0.259 e. The highest BCUT2D eigenvalue weighted by Crippen LogP contribution is 1.50. The van der Waals surface area contributed by atoms with E-state index in [1.54, 1.807) is 0 Å². The fourth-order valence-corrected chi connectivity index (χ4v) is 0.117. The summed E-state index contributed by atoms with van der Waals surface area (Å²) < 4.78 is 7.50.